The first-order valence-corrected chi connectivity index (χ1v) is 9.85. The number of aryl methyl sites for hydroxylation is 1. The average molecular weight is 556 g/mol. The minimum atomic E-state index is -0.884. The van der Waals surface area contributed by atoms with Gasteiger partial charge in [-0.1, -0.05) is 18.2 Å². The Hall–Kier alpha value is -2.76. The van der Waals surface area contributed by atoms with Gasteiger partial charge in [-0.3, -0.25) is 0 Å². The van der Waals surface area contributed by atoms with Crippen LogP contribution < -0.4 is 15.4 Å². The molecule has 0 saturated carbocycles. The third kappa shape index (κ3) is 6.62. The van der Waals surface area contributed by atoms with Crippen LogP contribution in [-0.2, 0) is 20.1 Å². The maximum absolute atomic E-state index is 13.6. The van der Waals surface area contributed by atoms with Crippen molar-refractivity contribution in [3.8, 4) is 5.75 Å². The van der Waals surface area contributed by atoms with Crippen molar-refractivity contribution in [2.45, 2.75) is 33.0 Å². The zero-order chi connectivity index (χ0) is 22.4. The van der Waals surface area contributed by atoms with Crippen molar-refractivity contribution in [1.82, 2.24) is 25.4 Å². The van der Waals surface area contributed by atoms with Gasteiger partial charge in [-0.05, 0) is 49.2 Å². The number of halogens is 3. The number of guanidine groups is 1. The number of methoxy groups -OCH3 is 1. The normalized spacial score (nSPS) is 12.1. The highest BCUT2D eigenvalue weighted by Crippen LogP contribution is 2.16. The van der Waals surface area contributed by atoms with Gasteiger partial charge in [0.2, 0.25) is 0 Å². The van der Waals surface area contributed by atoms with Crippen LogP contribution in [0.5, 0.6) is 5.75 Å². The van der Waals surface area contributed by atoms with E-state index in [2.05, 4.69) is 25.8 Å². The van der Waals surface area contributed by atoms with E-state index in [1.54, 1.807) is 13.2 Å². The van der Waals surface area contributed by atoms with E-state index in [4.69, 9.17) is 4.74 Å². The van der Waals surface area contributed by atoms with Crippen molar-refractivity contribution < 1.29 is 13.5 Å². The van der Waals surface area contributed by atoms with Gasteiger partial charge in [0.1, 0.15) is 11.6 Å². The van der Waals surface area contributed by atoms with Crippen LogP contribution in [0.25, 0.3) is 0 Å². The fraction of sp³-hybridized carbons (Fsp3) is 0.318. The number of aliphatic imine (C=N–C) groups is 1. The molecular formula is C22H27F2IN6O. The molecule has 0 aliphatic rings. The third-order valence-corrected chi connectivity index (χ3v) is 4.97. The summed E-state index contributed by atoms with van der Waals surface area (Å²) < 4.78 is 34.0. The van der Waals surface area contributed by atoms with Gasteiger partial charge in [-0.25, -0.2) is 13.8 Å². The maximum atomic E-state index is 13.6. The molecule has 0 aliphatic heterocycles. The Labute approximate surface area is 203 Å². The molecule has 1 aromatic heterocycles. The van der Waals surface area contributed by atoms with Gasteiger partial charge in [0, 0.05) is 7.05 Å². The lowest BCUT2D eigenvalue weighted by Crippen LogP contribution is -2.39. The van der Waals surface area contributed by atoms with Gasteiger partial charge < -0.3 is 19.9 Å². The fourth-order valence-electron chi connectivity index (χ4n) is 2.89. The van der Waals surface area contributed by atoms with Crippen LogP contribution in [-0.4, -0.2) is 27.8 Å². The van der Waals surface area contributed by atoms with E-state index < -0.39 is 11.6 Å². The van der Waals surface area contributed by atoms with Crippen molar-refractivity contribution in [1.29, 1.82) is 0 Å². The van der Waals surface area contributed by atoms with Crippen LogP contribution in [0.1, 0.15) is 35.7 Å². The van der Waals surface area contributed by atoms with Gasteiger partial charge in [-0.2, -0.15) is 0 Å². The summed E-state index contributed by atoms with van der Waals surface area (Å²) in [6, 6.07) is 11.2. The number of nitrogens with zero attached hydrogens (tertiary/aromatic N) is 4. The largest absolute Gasteiger partial charge is 0.497 e. The first-order chi connectivity index (χ1) is 14.9. The number of benzene rings is 2. The van der Waals surface area contributed by atoms with E-state index in [1.165, 1.54) is 6.07 Å². The Morgan fingerprint density at radius 3 is 2.44 bits per heavy atom. The lowest BCUT2D eigenvalue weighted by atomic mass is 10.1. The molecular weight excluding hydrogens is 529 g/mol. The van der Waals surface area contributed by atoms with E-state index in [1.807, 2.05) is 49.7 Å². The van der Waals surface area contributed by atoms with E-state index in [0.29, 0.717) is 24.6 Å². The molecule has 2 N–H and O–H groups in total. The Morgan fingerprint density at radius 1 is 1.12 bits per heavy atom. The minimum absolute atomic E-state index is 0. The molecule has 1 unspecified atom stereocenters. The van der Waals surface area contributed by atoms with Crippen molar-refractivity contribution in [2.75, 3.05) is 7.11 Å². The van der Waals surface area contributed by atoms with Crippen molar-refractivity contribution in [3.63, 3.8) is 0 Å². The number of aromatic nitrogens is 3. The molecule has 3 aromatic rings. The van der Waals surface area contributed by atoms with Gasteiger partial charge in [0.25, 0.3) is 0 Å². The number of rotatable bonds is 7. The van der Waals surface area contributed by atoms with Gasteiger partial charge >= 0.3 is 0 Å². The second kappa shape index (κ2) is 11.7. The van der Waals surface area contributed by atoms with Gasteiger partial charge in [-0.15, -0.1) is 34.2 Å². The van der Waals surface area contributed by atoms with Crippen LogP contribution in [0.2, 0.25) is 0 Å². The molecule has 10 heteroatoms. The van der Waals surface area contributed by atoms with Crippen LogP contribution in [0.3, 0.4) is 0 Å². The highest BCUT2D eigenvalue weighted by Gasteiger charge is 2.12. The molecule has 0 saturated heterocycles. The standard InChI is InChI=1S/C22H26F2N6O.HI/c1-14(17-7-10-19(23)20(24)11-17)27-22(26-13-21-29-28-15(2)30(21)3)25-12-16-5-8-18(31-4)9-6-16;/h5-11,14H,12-13H2,1-4H3,(H2,25,26,27);1H. The summed E-state index contributed by atoms with van der Waals surface area (Å²) >= 11 is 0. The highest BCUT2D eigenvalue weighted by molar-refractivity contribution is 14.0. The second-order valence-electron chi connectivity index (χ2n) is 7.13. The first kappa shape index (κ1) is 25.5. The summed E-state index contributed by atoms with van der Waals surface area (Å²) in [5, 5.41) is 14.7. The summed E-state index contributed by atoms with van der Waals surface area (Å²) in [4.78, 5) is 4.63. The first-order valence-electron chi connectivity index (χ1n) is 9.85. The average Bonchev–Trinajstić information content (AvgIpc) is 3.09. The molecule has 172 valence electrons. The summed E-state index contributed by atoms with van der Waals surface area (Å²) in [6.07, 6.45) is 0. The summed E-state index contributed by atoms with van der Waals surface area (Å²) in [5.74, 6) is 1.07. The predicted molar refractivity (Wildman–Crippen MR) is 130 cm³/mol. The number of hydrogen-bond donors (Lipinski definition) is 2. The third-order valence-electron chi connectivity index (χ3n) is 4.97. The molecule has 0 fully saturated rings. The van der Waals surface area contributed by atoms with E-state index in [-0.39, 0.29) is 30.0 Å². The van der Waals surface area contributed by atoms with Crippen LogP contribution >= 0.6 is 24.0 Å². The van der Waals surface area contributed by atoms with Crippen molar-refractivity contribution in [3.05, 3.63) is 76.9 Å². The molecule has 0 aliphatic carbocycles. The molecule has 0 bridgehead atoms. The molecule has 32 heavy (non-hydrogen) atoms. The molecule has 0 spiro atoms. The number of ether oxygens (including phenoxy) is 1. The highest BCUT2D eigenvalue weighted by atomic mass is 127. The topological polar surface area (TPSA) is 76.4 Å². The number of hydrogen-bond acceptors (Lipinski definition) is 4. The van der Waals surface area contributed by atoms with Crippen LogP contribution in [0.15, 0.2) is 47.5 Å². The predicted octanol–water partition coefficient (Wildman–Crippen LogP) is 4.02. The Balaban J connectivity index is 0.00000363. The van der Waals surface area contributed by atoms with Crippen LogP contribution in [0.4, 0.5) is 8.78 Å². The number of nitrogens with one attached hydrogen (secondary N) is 2. The lowest BCUT2D eigenvalue weighted by Gasteiger charge is -2.19. The van der Waals surface area contributed by atoms with Crippen LogP contribution in [0, 0.1) is 18.6 Å². The van der Waals surface area contributed by atoms with Gasteiger partial charge in [0.05, 0.1) is 26.2 Å². The molecule has 7 nitrogen and oxygen atoms in total. The van der Waals surface area contributed by atoms with E-state index >= 15 is 0 Å². The molecule has 1 heterocycles. The quantitative estimate of drug-likeness (QED) is 0.261. The Bertz CT molecular complexity index is 1060. The summed E-state index contributed by atoms with van der Waals surface area (Å²) in [5.41, 5.74) is 1.60. The van der Waals surface area contributed by atoms with Crippen molar-refractivity contribution >= 4 is 29.9 Å². The molecule has 1 atom stereocenters. The van der Waals surface area contributed by atoms with E-state index in [9.17, 15) is 8.78 Å². The van der Waals surface area contributed by atoms with Gasteiger partial charge in [0.15, 0.2) is 23.4 Å². The molecule has 3 rings (SSSR count). The monoisotopic (exact) mass is 556 g/mol. The Morgan fingerprint density at radius 2 is 1.84 bits per heavy atom. The molecule has 0 amide bonds. The fourth-order valence-corrected chi connectivity index (χ4v) is 2.89. The SMILES string of the molecule is COc1ccc(CN=C(NCc2nnc(C)n2C)NC(C)c2ccc(F)c(F)c2)cc1.I. The zero-order valence-corrected chi connectivity index (χ0v) is 20.7. The minimum Gasteiger partial charge on any atom is -0.497 e. The smallest absolute Gasteiger partial charge is 0.192 e. The second-order valence-corrected chi connectivity index (χ2v) is 7.13. The van der Waals surface area contributed by atoms with E-state index in [0.717, 1.165) is 29.0 Å². The summed E-state index contributed by atoms with van der Waals surface area (Å²) in [6.45, 7) is 4.54. The zero-order valence-electron chi connectivity index (χ0n) is 18.4. The van der Waals surface area contributed by atoms with Crippen molar-refractivity contribution in [2.24, 2.45) is 12.0 Å². The molecule has 2 aromatic carbocycles. The summed E-state index contributed by atoms with van der Waals surface area (Å²) in [7, 11) is 3.50. The maximum Gasteiger partial charge on any atom is 0.192 e. The molecule has 0 radical (unpaired) electrons. The Kier molecular flexibility index (Phi) is 9.36. The lowest BCUT2D eigenvalue weighted by molar-refractivity contribution is 0.414.